The summed E-state index contributed by atoms with van der Waals surface area (Å²) >= 11 is 0. The molecule has 0 radical (unpaired) electrons. The lowest BCUT2D eigenvalue weighted by Gasteiger charge is -2.13. The van der Waals surface area contributed by atoms with E-state index in [0.29, 0.717) is 12.8 Å². The number of amides is 1. The molecule has 0 aromatic heterocycles. The molecule has 0 heterocycles. The van der Waals surface area contributed by atoms with E-state index >= 15 is 0 Å². The second-order valence-corrected chi connectivity index (χ2v) is 4.60. The van der Waals surface area contributed by atoms with Crippen LogP contribution in [0, 0.1) is 12.3 Å². The normalized spacial score (nSPS) is 11.8. The summed E-state index contributed by atoms with van der Waals surface area (Å²) in [4.78, 5) is 11.6. The average molecular weight is 237 g/mol. The molecule has 2 nitrogen and oxygen atoms in total. The fourth-order valence-corrected chi connectivity index (χ4v) is 1.81. The van der Waals surface area contributed by atoms with Crippen molar-refractivity contribution in [1.82, 2.24) is 5.32 Å². The minimum atomic E-state index is 0.155. The van der Waals surface area contributed by atoms with Crippen LogP contribution in [0.25, 0.3) is 0 Å². The molecule has 98 valence electrons. The Hall–Kier alpha value is -0.970. The number of terminal acetylenes is 1. The minimum absolute atomic E-state index is 0.155. The van der Waals surface area contributed by atoms with Gasteiger partial charge in [0.1, 0.15) is 0 Å². The monoisotopic (exact) mass is 237 g/mol. The summed E-state index contributed by atoms with van der Waals surface area (Å²) in [6.45, 7) is 4.26. The second kappa shape index (κ2) is 11.5. The molecule has 2 heteroatoms. The zero-order valence-electron chi connectivity index (χ0n) is 11.4. The van der Waals surface area contributed by atoms with Crippen LogP contribution in [0.5, 0.6) is 0 Å². The summed E-state index contributed by atoms with van der Waals surface area (Å²) in [7, 11) is 0. The predicted molar refractivity (Wildman–Crippen MR) is 73.7 cm³/mol. The molecule has 0 spiro atoms. The first-order valence-corrected chi connectivity index (χ1v) is 6.97. The average Bonchev–Trinajstić information content (AvgIpc) is 2.33. The Morgan fingerprint density at radius 1 is 1.18 bits per heavy atom. The number of carbonyl (C=O) groups is 1. The van der Waals surface area contributed by atoms with E-state index in [2.05, 4.69) is 18.2 Å². The van der Waals surface area contributed by atoms with Crippen molar-refractivity contribution in [2.45, 2.75) is 77.7 Å². The standard InChI is InChI=1S/C15H27NO/c1-4-7-8-9-10-11-13-15(17)16-14(6-3)12-5-2/h2,14H,4,6-13H2,1,3H3,(H,16,17). The van der Waals surface area contributed by atoms with Gasteiger partial charge in [-0.1, -0.05) is 46.0 Å². The quantitative estimate of drug-likeness (QED) is 0.456. The molecule has 0 aliphatic heterocycles. The van der Waals surface area contributed by atoms with Crippen molar-refractivity contribution in [3.05, 3.63) is 0 Å². The van der Waals surface area contributed by atoms with Crippen molar-refractivity contribution in [3.63, 3.8) is 0 Å². The molecular weight excluding hydrogens is 210 g/mol. The fourth-order valence-electron chi connectivity index (χ4n) is 1.81. The molecule has 1 atom stereocenters. The van der Waals surface area contributed by atoms with Gasteiger partial charge in [0.15, 0.2) is 0 Å². The summed E-state index contributed by atoms with van der Waals surface area (Å²) < 4.78 is 0. The van der Waals surface area contributed by atoms with Gasteiger partial charge in [-0.2, -0.15) is 0 Å². The zero-order valence-corrected chi connectivity index (χ0v) is 11.4. The van der Waals surface area contributed by atoms with Crippen LogP contribution in [-0.4, -0.2) is 11.9 Å². The van der Waals surface area contributed by atoms with Gasteiger partial charge in [-0.05, 0) is 12.8 Å². The van der Waals surface area contributed by atoms with E-state index in [1.807, 2.05) is 6.92 Å². The number of hydrogen-bond acceptors (Lipinski definition) is 1. The molecule has 0 aliphatic rings. The third-order valence-corrected chi connectivity index (χ3v) is 2.98. The van der Waals surface area contributed by atoms with Gasteiger partial charge in [-0.3, -0.25) is 4.79 Å². The first kappa shape index (κ1) is 16.0. The van der Waals surface area contributed by atoms with Crippen molar-refractivity contribution in [2.75, 3.05) is 0 Å². The molecule has 17 heavy (non-hydrogen) atoms. The molecule has 0 aliphatic carbocycles. The van der Waals surface area contributed by atoms with Crippen LogP contribution >= 0.6 is 0 Å². The van der Waals surface area contributed by atoms with Crippen LogP contribution < -0.4 is 5.32 Å². The molecule has 1 N–H and O–H groups in total. The van der Waals surface area contributed by atoms with Crippen LogP contribution in [0.2, 0.25) is 0 Å². The maximum Gasteiger partial charge on any atom is 0.220 e. The third-order valence-electron chi connectivity index (χ3n) is 2.98. The van der Waals surface area contributed by atoms with Crippen LogP contribution in [0.15, 0.2) is 0 Å². The Morgan fingerprint density at radius 2 is 1.82 bits per heavy atom. The highest BCUT2D eigenvalue weighted by Gasteiger charge is 2.08. The zero-order chi connectivity index (χ0) is 12.9. The highest BCUT2D eigenvalue weighted by molar-refractivity contribution is 5.76. The van der Waals surface area contributed by atoms with Crippen molar-refractivity contribution in [1.29, 1.82) is 0 Å². The molecule has 1 amide bonds. The fraction of sp³-hybridized carbons (Fsp3) is 0.800. The summed E-state index contributed by atoms with van der Waals surface area (Å²) in [5, 5.41) is 2.99. The van der Waals surface area contributed by atoms with E-state index in [9.17, 15) is 4.79 Å². The molecule has 0 fully saturated rings. The van der Waals surface area contributed by atoms with Crippen molar-refractivity contribution in [2.24, 2.45) is 0 Å². The van der Waals surface area contributed by atoms with Gasteiger partial charge in [0, 0.05) is 18.9 Å². The Morgan fingerprint density at radius 3 is 2.41 bits per heavy atom. The Bertz CT molecular complexity index is 230. The highest BCUT2D eigenvalue weighted by Crippen LogP contribution is 2.07. The van der Waals surface area contributed by atoms with Crippen molar-refractivity contribution < 1.29 is 4.79 Å². The number of carbonyl (C=O) groups excluding carboxylic acids is 1. The van der Waals surface area contributed by atoms with E-state index in [-0.39, 0.29) is 11.9 Å². The van der Waals surface area contributed by atoms with E-state index in [1.165, 1.54) is 32.1 Å². The second-order valence-electron chi connectivity index (χ2n) is 4.60. The summed E-state index contributed by atoms with van der Waals surface area (Å²) in [5.74, 6) is 2.75. The van der Waals surface area contributed by atoms with Crippen LogP contribution in [0.3, 0.4) is 0 Å². The highest BCUT2D eigenvalue weighted by atomic mass is 16.1. The van der Waals surface area contributed by atoms with Crippen molar-refractivity contribution >= 4 is 5.91 Å². The third kappa shape index (κ3) is 9.93. The van der Waals surface area contributed by atoms with Gasteiger partial charge >= 0.3 is 0 Å². The van der Waals surface area contributed by atoms with Crippen molar-refractivity contribution in [3.8, 4) is 12.3 Å². The molecule has 0 bridgehead atoms. The predicted octanol–water partition coefficient (Wildman–Crippen LogP) is 3.66. The van der Waals surface area contributed by atoms with Gasteiger partial charge in [0.2, 0.25) is 5.91 Å². The van der Waals surface area contributed by atoms with Gasteiger partial charge in [-0.25, -0.2) is 0 Å². The number of rotatable bonds is 10. The van der Waals surface area contributed by atoms with Crippen LogP contribution in [-0.2, 0) is 4.79 Å². The summed E-state index contributed by atoms with van der Waals surface area (Å²) in [6.07, 6.45) is 14.7. The van der Waals surface area contributed by atoms with Gasteiger partial charge in [0.05, 0.1) is 0 Å². The Labute approximate surface area is 107 Å². The maximum absolute atomic E-state index is 11.6. The lowest BCUT2D eigenvalue weighted by atomic mass is 10.1. The van der Waals surface area contributed by atoms with Crippen LogP contribution in [0.4, 0.5) is 0 Å². The smallest absolute Gasteiger partial charge is 0.220 e. The topological polar surface area (TPSA) is 29.1 Å². The molecule has 0 rings (SSSR count). The molecular formula is C15H27NO. The molecule has 1 unspecified atom stereocenters. The van der Waals surface area contributed by atoms with Crippen LogP contribution in [0.1, 0.15) is 71.6 Å². The SMILES string of the molecule is C#CCC(CC)NC(=O)CCCCCCCC. The van der Waals surface area contributed by atoms with Gasteiger partial charge in [-0.15, -0.1) is 12.3 Å². The Kier molecular flexibility index (Phi) is 10.9. The summed E-state index contributed by atoms with van der Waals surface area (Å²) in [6, 6.07) is 0.160. The maximum atomic E-state index is 11.6. The van der Waals surface area contributed by atoms with E-state index in [0.717, 1.165) is 12.8 Å². The Balaban J connectivity index is 3.48. The summed E-state index contributed by atoms with van der Waals surface area (Å²) in [5.41, 5.74) is 0. The molecule has 0 saturated heterocycles. The first-order valence-electron chi connectivity index (χ1n) is 6.97. The number of nitrogens with one attached hydrogen (secondary N) is 1. The van der Waals surface area contributed by atoms with E-state index < -0.39 is 0 Å². The molecule has 0 saturated carbocycles. The number of hydrogen-bond donors (Lipinski definition) is 1. The van der Waals surface area contributed by atoms with Gasteiger partial charge in [0.25, 0.3) is 0 Å². The lowest BCUT2D eigenvalue weighted by molar-refractivity contribution is -0.121. The molecule has 0 aromatic rings. The largest absolute Gasteiger partial charge is 0.352 e. The van der Waals surface area contributed by atoms with Gasteiger partial charge < -0.3 is 5.32 Å². The minimum Gasteiger partial charge on any atom is -0.352 e. The first-order chi connectivity index (χ1) is 8.24. The van der Waals surface area contributed by atoms with E-state index in [4.69, 9.17) is 6.42 Å². The molecule has 0 aromatic carbocycles. The number of unbranched alkanes of at least 4 members (excludes halogenated alkanes) is 5. The van der Waals surface area contributed by atoms with E-state index in [1.54, 1.807) is 0 Å². The lowest BCUT2D eigenvalue weighted by Crippen LogP contribution is -2.33.